The second-order valence-electron chi connectivity index (χ2n) is 4.26. The molecule has 0 fully saturated rings. The molecule has 1 aromatic heterocycles. The van der Waals surface area contributed by atoms with Crippen LogP contribution in [0.15, 0.2) is 36.4 Å². The quantitative estimate of drug-likeness (QED) is 0.629. The molecule has 0 radical (unpaired) electrons. The van der Waals surface area contributed by atoms with E-state index in [-0.39, 0.29) is 0 Å². The number of benzene rings is 2. The predicted molar refractivity (Wildman–Crippen MR) is 85.9 cm³/mol. The summed E-state index contributed by atoms with van der Waals surface area (Å²) in [6, 6.07) is 9.88. The molecular weight excluding hydrogens is 310 g/mol. The normalized spacial score (nSPS) is 10.5. The molecule has 3 aromatic rings. The first-order valence-corrected chi connectivity index (χ1v) is 7.08. The molecule has 1 heterocycles. The highest BCUT2D eigenvalue weighted by atomic mass is 35.5. The van der Waals surface area contributed by atoms with Crippen LogP contribution in [0.1, 0.15) is 0 Å². The van der Waals surface area contributed by atoms with Crippen molar-refractivity contribution in [3.8, 4) is 0 Å². The minimum atomic E-state index is -0.428. The molecule has 0 atom stereocenters. The van der Waals surface area contributed by atoms with Crippen molar-refractivity contribution in [2.75, 3.05) is 16.4 Å². The molecule has 8 heteroatoms. The van der Waals surface area contributed by atoms with Crippen molar-refractivity contribution in [2.24, 2.45) is 0 Å². The molecule has 0 aliphatic heterocycles. The number of carbonyl (C=O) groups excluding carboxylic acids is 1. The first-order chi connectivity index (χ1) is 10.1. The van der Waals surface area contributed by atoms with Crippen LogP contribution < -0.4 is 16.4 Å². The first kappa shape index (κ1) is 13.6. The summed E-state index contributed by atoms with van der Waals surface area (Å²) in [5.74, 6) is 0. The largest absolute Gasteiger partial charge is 0.399 e. The molecule has 0 aliphatic rings. The second kappa shape index (κ2) is 5.55. The summed E-state index contributed by atoms with van der Waals surface area (Å²) >= 11 is 7.17. The van der Waals surface area contributed by atoms with Gasteiger partial charge < -0.3 is 16.4 Å². The van der Waals surface area contributed by atoms with Gasteiger partial charge in [0.15, 0.2) is 0 Å². The average Bonchev–Trinajstić information content (AvgIpc) is 2.90. The smallest absolute Gasteiger partial charge is 0.323 e. The number of hydrogen-bond acceptors (Lipinski definition) is 5. The highest BCUT2D eigenvalue weighted by molar-refractivity contribution is 7.00. The van der Waals surface area contributed by atoms with E-state index in [0.29, 0.717) is 33.1 Å². The van der Waals surface area contributed by atoms with E-state index >= 15 is 0 Å². The number of anilines is 3. The number of rotatable bonds is 2. The van der Waals surface area contributed by atoms with Crippen LogP contribution in [0.5, 0.6) is 0 Å². The predicted octanol–water partition coefficient (Wildman–Crippen LogP) is 3.57. The minimum Gasteiger partial charge on any atom is -0.399 e. The zero-order valence-corrected chi connectivity index (χ0v) is 12.2. The molecule has 3 rings (SSSR count). The van der Waals surface area contributed by atoms with Crippen LogP contribution in [0, 0.1) is 0 Å². The van der Waals surface area contributed by atoms with E-state index in [4.69, 9.17) is 17.3 Å². The third-order valence-electron chi connectivity index (χ3n) is 2.76. The van der Waals surface area contributed by atoms with Crippen LogP contribution in [-0.4, -0.2) is 14.8 Å². The Morgan fingerprint density at radius 1 is 1.19 bits per heavy atom. The molecule has 4 N–H and O–H groups in total. The number of hydrogen-bond donors (Lipinski definition) is 3. The van der Waals surface area contributed by atoms with Crippen molar-refractivity contribution in [3.05, 3.63) is 41.4 Å². The molecule has 6 nitrogen and oxygen atoms in total. The summed E-state index contributed by atoms with van der Waals surface area (Å²) in [6.45, 7) is 0. The summed E-state index contributed by atoms with van der Waals surface area (Å²) in [5.41, 5.74) is 8.50. The Hall–Kier alpha value is -2.38. The average molecular weight is 320 g/mol. The standard InChI is InChI=1S/C13H10ClN5OS/c14-9-4-5-10-12(19-21-18-10)11(9)17-13(20)16-8-3-1-2-7(15)6-8/h1-6H,15H2,(H2,16,17,20). The number of halogens is 1. The van der Waals surface area contributed by atoms with Gasteiger partial charge in [-0.05, 0) is 30.3 Å². The Morgan fingerprint density at radius 3 is 2.86 bits per heavy atom. The number of amides is 2. The van der Waals surface area contributed by atoms with Crippen LogP contribution in [0.4, 0.5) is 21.9 Å². The van der Waals surface area contributed by atoms with E-state index in [2.05, 4.69) is 19.4 Å². The monoisotopic (exact) mass is 319 g/mol. The molecule has 0 aliphatic carbocycles. The molecule has 0 saturated heterocycles. The van der Waals surface area contributed by atoms with Crippen LogP contribution in [-0.2, 0) is 0 Å². The number of nitrogen functional groups attached to an aromatic ring is 1. The number of fused-ring (bicyclic) bond motifs is 1. The van der Waals surface area contributed by atoms with Crippen molar-refractivity contribution < 1.29 is 4.79 Å². The van der Waals surface area contributed by atoms with Crippen LogP contribution >= 0.6 is 23.3 Å². The van der Waals surface area contributed by atoms with Crippen LogP contribution in [0.25, 0.3) is 11.0 Å². The molecule has 0 unspecified atom stereocenters. The number of carbonyl (C=O) groups is 1. The summed E-state index contributed by atoms with van der Waals surface area (Å²) < 4.78 is 8.24. The van der Waals surface area contributed by atoms with E-state index in [1.165, 1.54) is 0 Å². The van der Waals surface area contributed by atoms with Crippen molar-refractivity contribution in [3.63, 3.8) is 0 Å². The van der Waals surface area contributed by atoms with Crippen molar-refractivity contribution >= 4 is 57.5 Å². The maximum atomic E-state index is 12.0. The topological polar surface area (TPSA) is 92.9 Å². The molecule has 106 valence electrons. The Labute approximate surface area is 129 Å². The van der Waals surface area contributed by atoms with E-state index in [0.717, 1.165) is 11.7 Å². The molecule has 0 saturated carbocycles. The second-order valence-corrected chi connectivity index (χ2v) is 5.19. The summed E-state index contributed by atoms with van der Waals surface area (Å²) in [7, 11) is 0. The third kappa shape index (κ3) is 2.88. The number of nitrogens with two attached hydrogens (primary N) is 1. The Kier molecular flexibility index (Phi) is 3.59. The first-order valence-electron chi connectivity index (χ1n) is 5.98. The number of nitrogens with zero attached hydrogens (tertiary/aromatic N) is 2. The van der Waals surface area contributed by atoms with Gasteiger partial charge in [0.05, 0.1) is 22.4 Å². The van der Waals surface area contributed by atoms with E-state index < -0.39 is 6.03 Å². The van der Waals surface area contributed by atoms with Crippen molar-refractivity contribution in [1.29, 1.82) is 0 Å². The van der Waals surface area contributed by atoms with Crippen LogP contribution in [0.2, 0.25) is 5.02 Å². The van der Waals surface area contributed by atoms with Gasteiger partial charge in [-0.2, -0.15) is 8.75 Å². The zero-order valence-electron chi connectivity index (χ0n) is 10.6. The van der Waals surface area contributed by atoms with Gasteiger partial charge in [-0.25, -0.2) is 4.79 Å². The lowest BCUT2D eigenvalue weighted by molar-refractivity contribution is 0.262. The zero-order chi connectivity index (χ0) is 14.8. The Morgan fingerprint density at radius 2 is 2.05 bits per heavy atom. The third-order valence-corrected chi connectivity index (χ3v) is 3.62. The Bertz CT molecular complexity index is 819. The molecule has 21 heavy (non-hydrogen) atoms. The van der Waals surface area contributed by atoms with E-state index in [1.807, 2.05) is 0 Å². The van der Waals surface area contributed by atoms with Gasteiger partial charge in [0.1, 0.15) is 11.0 Å². The SMILES string of the molecule is Nc1cccc(NC(=O)Nc2c(Cl)ccc3nsnc23)c1. The fourth-order valence-electron chi connectivity index (χ4n) is 1.84. The summed E-state index contributed by atoms with van der Waals surface area (Å²) in [4.78, 5) is 12.0. The maximum Gasteiger partial charge on any atom is 0.323 e. The van der Waals surface area contributed by atoms with Crippen LogP contribution in [0.3, 0.4) is 0 Å². The lowest BCUT2D eigenvalue weighted by Crippen LogP contribution is -2.19. The number of nitrogens with one attached hydrogen (secondary N) is 2. The van der Waals surface area contributed by atoms with Gasteiger partial charge in [-0.1, -0.05) is 17.7 Å². The molecule has 2 amide bonds. The van der Waals surface area contributed by atoms with Gasteiger partial charge >= 0.3 is 6.03 Å². The molecule has 2 aromatic carbocycles. The maximum absolute atomic E-state index is 12.0. The Balaban J connectivity index is 1.83. The van der Waals surface area contributed by atoms with Crippen molar-refractivity contribution in [1.82, 2.24) is 8.75 Å². The fourth-order valence-corrected chi connectivity index (χ4v) is 2.58. The van der Waals surface area contributed by atoms with Gasteiger partial charge in [-0.3, -0.25) is 0 Å². The lowest BCUT2D eigenvalue weighted by atomic mass is 10.2. The number of aromatic nitrogens is 2. The van der Waals surface area contributed by atoms with E-state index in [9.17, 15) is 4.79 Å². The van der Waals surface area contributed by atoms with Gasteiger partial charge in [0, 0.05) is 11.4 Å². The minimum absolute atomic E-state index is 0.401. The van der Waals surface area contributed by atoms with E-state index in [1.54, 1.807) is 36.4 Å². The lowest BCUT2D eigenvalue weighted by Gasteiger charge is -2.09. The van der Waals surface area contributed by atoms with Gasteiger partial charge in [0.25, 0.3) is 0 Å². The molecular formula is C13H10ClN5OS. The highest BCUT2D eigenvalue weighted by Crippen LogP contribution is 2.30. The summed E-state index contributed by atoms with van der Waals surface area (Å²) in [5, 5.41) is 5.77. The van der Waals surface area contributed by atoms with Crippen molar-refractivity contribution in [2.45, 2.75) is 0 Å². The van der Waals surface area contributed by atoms with Gasteiger partial charge in [0.2, 0.25) is 0 Å². The summed E-state index contributed by atoms with van der Waals surface area (Å²) in [6.07, 6.45) is 0. The molecule has 0 bridgehead atoms. The molecule has 0 spiro atoms. The number of urea groups is 1. The fraction of sp³-hybridized carbons (Fsp3) is 0. The van der Waals surface area contributed by atoms with Gasteiger partial charge in [-0.15, -0.1) is 0 Å². The highest BCUT2D eigenvalue weighted by Gasteiger charge is 2.13.